The lowest BCUT2D eigenvalue weighted by Gasteiger charge is -2.13. The lowest BCUT2D eigenvalue weighted by molar-refractivity contribution is 0.433. The second kappa shape index (κ2) is 11.4. The van der Waals surface area contributed by atoms with E-state index in [0.717, 1.165) is 11.8 Å². The van der Waals surface area contributed by atoms with Crippen LogP contribution in [-0.4, -0.2) is 13.1 Å². The van der Waals surface area contributed by atoms with Crippen molar-refractivity contribution >= 4 is 0 Å². The number of hydrogen-bond donors (Lipinski definition) is 1. The van der Waals surface area contributed by atoms with Crippen molar-refractivity contribution in [1.82, 2.24) is 5.32 Å². The molecule has 0 rings (SSSR count). The molecule has 0 aromatic rings. The molecule has 0 heterocycles. The highest BCUT2D eigenvalue weighted by atomic mass is 14.9. The van der Waals surface area contributed by atoms with Crippen molar-refractivity contribution in [1.29, 1.82) is 0 Å². The van der Waals surface area contributed by atoms with Gasteiger partial charge in [-0.05, 0) is 31.3 Å². The molecule has 0 aliphatic rings. The average molecular weight is 227 g/mol. The topological polar surface area (TPSA) is 12.0 Å². The zero-order valence-corrected chi connectivity index (χ0v) is 12.0. The van der Waals surface area contributed by atoms with Gasteiger partial charge < -0.3 is 5.32 Å². The maximum atomic E-state index is 3.55. The van der Waals surface area contributed by atoms with Crippen LogP contribution in [0, 0.1) is 11.8 Å². The molecule has 0 aromatic carbocycles. The van der Waals surface area contributed by atoms with Gasteiger partial charge in [0.25, 0.3) is 0 Å². The van der Waals surface area contributed by atoms with E-state index in [1.807, 2.05) is 0 Å². The second-order valence-corrected chi connectivity index (χ2v) is 5.71. The predicted octanol–water partition coefficient (Wildman–Crippen LogP) is 4.62. The van der Waals surface area contributed by atoms with E-state index in [4.69, 9.17) is 0 Å². The molecule has 0 fully saturated rings. The fourth-order valence-electron chi connectivity index (χ4n) is 1.99. The van der Waals surface area contributed by atoms with Gasteiger partial charge in [0.1, 0.15) is 0 Å². The summed E-state index contributed by atoms with van der Waals surface area (Å²) in [5, 5.41) is 3.55. The molecule has 0 saturated carbocycles. The molecule has 0 saturated heterocycles. The van der Waals surface area contributed by atoms with Crippen molar-refractivity contribution in [2.75, 3.05) is 13.1 Å². The summed E-state index contributed by atoms with van der Waals surface area (Å²) in [6.45, 7) is 11.6. The molecule has 0 amide bonds. The van der Waals surface area contributed by atoms with Crippen molar-refractivity contribution in [3.05, 3.63) is 0 Å². The number of hydrogen-bond acceptors (Lipinski definition) is 1. The third-order valence-corrected chi connectivity index (χ3v) is 3.10. The Morgan fingerprint density at radius 2 is 1.44 bits per heavy atom. The van der Waals surface area contributed by atoms with Crippen molar-refractivity contribution in [2.45, 2.75) is 72.6 Å². The lowest BCUT2D eigenvalue weighted by atomic mass is 10.0. The number of rotatable bonds is 11. The van der Waals surface area contributed by atoms with Gasteiger partial charge in [0.15, 0.2) is 0 Å². The third-order valence-electron chi connectivity index (χ3n) is 3.10. The van der Waals surface area contributed by atoms with E-state index in [2.05, 4.69) is 33.0 Å². The first-order valence-corrected chi connectivity index (χ1v) is 7.37. The Morgan fingerprint density at radius 3 is 2.06 bits per heavy atom. The van der Waals surface area contributed by atoms with Crippen LogP contribution in [0.1, 0.15) is 72.6 Å². The molecule has 1 atom stereocenters. The van der Waals surface area contributed by atoms with E-state index in [1.165, 1.54) is 58.0 Å². The Bertz CT molecular complexity index is 131. The molecule has 1 N–H and O–H groups in total. The Kier molecular flexibility index (Phi) is 11.4. The molecule has 0 spiro atoms. The van der Waals surface area contributed by atoms with Crippen molar-refractivity contribution in [3.63, 3.8) is 0 Å². The van der Waals surface area contributed by atoms with Crippen LogP contribution in [0.25, 0.3) is 0 Å². The Hall–Kier alpha value is -0.0400. The van der Waals surface area contributed by atoms with Gasteiger partial charge in [-0.1, -0.05) is 66.2 Å². The monoisotopic (exact) mass is 227 g/mol. The highest BCUT2D eigenvalue weighted by molar-refractivity contribution is 4.59. The normalized spacial score (nSPS) is 13.3. The Balaban J connectivity index is 3.14. The third kappa shape index (κ3) is 12.0. The summed E-state index contributed by atoms with van der Waals surface area (Å²) >= 11 is 0. The minimum Gasteiger partial charge on any atom is -0.316 e. The van der Waals surface area contributed by atoms with Crippen LogP contribution >= 0.6 is 0 Å². The molecular formula is C15H33N. The summed E-state index contributed by atoms with van der Waals surface area (Å²) in [6.07, 6.45) is 9.93. The van der Waals surface area contributed by atoms with Crippen LogP contribution in [0.2, 0.25) is 0 Å². The fraction of sp³-hybridized carbons (Fsp3) is 1.00. The summed E-state index contributed by atoms with van der Waals surface area (Å²) in [5.74, 6) is 1.63. The first kappa shape index (κ1) is 16.0. The molecular weight excluding hydrogens is 194 g/mol. The maximum absolute atomic E-state index is 3.55. The van der Waals surface area contributed by atoms with Gasteiger partial charge in [-0.3, -0.25) is 0 Å². The first-order chi connectivity index (χ1) is 7.66. The Labute approximate surface area is 103 Å². The van der Waals surface area contributed by atoms with E-state index < -0.39 is 0 Å². The lowest BCUT2D eigenvalue weighted by Crippen LogP contribution is -2.25. The molecule has 16 heavy (non-hydrogen) atoms. The molecule has 0 aliphatic heterocycles. The standard InChI is InChI=1S/C15H33N/c1-5-6-7-8-9-10-11-15(4)13-16-12-14(2)3/h14-16H,5-13H2,1-4H3. The van der Waals surface area contributed by atoms with Crippen LogP contribution in [0.4, 0.5) is 0 Å². The minimum atomic E-state index is 0.779. The summed E-state index contributed by atoms with van der Waals surface area (Å²) < 4.78 is 0. The summed E-state index contributed by atoms with van der Waals surface area (Å²) in [6, 6.07) is 0. The fourth-order valence-corrected chi connectivity index (χ4v) is 1.99. The maximum Gasteiger partial charge on any atom is -0.00230 e. The van der Waals surface area contributed by atoms with Crippen LogP contribution in [-0.2, 0) is 0 Å². The highest BCUT2D eigenvalue weighted by Gasteiger charge is 2.02. The van der Waals surface area contributed by atoms with Crippen molar-refractivity contribution in [3.8, 4) is 0 Å². The van der Waals surface area contributed by atoms with Crippen LogP contribution in [0.15, 0.2) is 0 Å². The molecule has 0 aromatic heterocycles. The number of nitrogens with one attached hydrogen (secondary N) is 1. The second-order valence-electron chi connectivity index (χ2n) is 5.71. The van der Waals surface area contributed by atoms with E-state index in [1.54, 1.807) is 0 Å². The summed E-state index contributed by atoms with van der Waals surface area (Å²) in [4.78, 5) is 0. The van der Waals surface area contributed by atoms with Gasteiger partial charge >= 0.3 is 0 Å². The first-order valence-electron chi connectivity index (χ1n) is 7.37. The summed E-state index contributed by atoms with van der Waals surface area (Å²) in [5.41, 5.74) is 0. The van der Waals surface area contributed by atoms with Gasteiger partial charge in [-0.2, -0.15) is 0 Å². The highest BCUT2D eigenvalue weighted by Crippen LogP contribution is 2.11. The SMILES string of the molecule is CCCCCCCCC(C)CNCC(C)C. The van der Waals surface area contributed by atoms with Gasteiger partial charge in [0.05, 0.1) is 0 Å². The zero-order chi connectivity index (χ0) is 12.2. The molecule has 0 bridgehead atoms. The van der Waals surface area contributed by atoms with E-state index in [0.29, 0.717) is 0 Å². The zero-order valence-electron chi connectivity index (χ0n) is 12.0. The quantitative estimate of drug-likeness (QED) is 0.508. The molecule has 98 valence electrons. The van der Waals surface area contributed by atoms with E-state index >= 15 is 0 Å². The van der Waals surface area contributed by atoms with Gasteiger partial charge in [-0.15, -0.1) is 0 Å². The van der Waals surface area contributed by atoms with Gasteiger partial charge in [0, 0.05) is 0 Å². The Morgan fingerprint density at radius 1 is 0.812 bits per heavy atom. The van der Waals surface area contributed by atoms with Gasteiger partial charge in [0.2, 0.25) is 0 Å². The average Bonchev–Trinajstić information content (AvgIpc) is 2.22. The van der Waals surface area contributed by atoms with Crippen LogP contribution < -0.4 is 5.32 Å². The van der Waals surface area contributed by atoms with Crippen molar-refractivity contribution < 1.29 is 0 Å². The minimum absolute atomic E-state index is 0.779. The largest absolute Gasteiger partial charge is 0.316 e. The molecule has 0 radical (unpaired) electrons. The van der Waals surface area contributed by atoms with Crippen LogP contribution in [0.3, 0.4) is 0 Å². The predicted molar refractivity (Wildman–Crippen MR) is 74.9 cm³/mol. The molecule has 1 heteroatoms. The molecule has 1 nitrogen and oxygen atoms in total. The molecule has 1 unspecified atom stereocenters. The van der Waals surface area contributed by atoms with Crippen LogP contribution in [0.5, 0.6) is 0 Å². The van der Waals surface area contributed by atoms with Crippen molar-refractivity contribution in [2.24, 2.45) is 11.8 Å². The van der Waals surface area contributed by atoms with E-state index in [9.17, 15) is 0 Å². The van der Waals surface area contributed by atoms with E-state index in [-0.39, 0.29) is 0 Å². The molecule has 0 aliphatic carbocycles. The number of unbranched alkanes of at least 4 members (excludes halogenated alkanes) is 5. The van der Waals surface area contributed by atoms with Gasteiger partial charge in [-0.25, -0.2) is 0 Å². The summed E-state index contributed by atoms with van der Waals surface area (Å²) in [7, 11) is 0. The smallest absolute Gasteiger partial charge is 0.00230 e.